The molecule has 0 spiro atoms. The molecule has 3 rings (SSSR count). The fraction of sp³-hybridized carbons (Fsp3) is 0.350. The number of halogens is 2. The maximum Gasteiger partial charge on any atom is 0.255 e. The lowest BCUT2D eigenvalue weighted by molar-refractivity contribution is 0.102. The summed E-state index contributed by atoms with van der Waals surface area (Å²) in [5.74, 6) is -2.65. The van der Waals surface area contributed by atoms with Gasteiger partial charge in [0.2, 0.25) is 10.0 Å². The number of hydrogen-bond donors (Lipinski definition) is 1. The predicted molar refractivity (Wildman–Crippen MR) is 105 cm³/mol. The monoisotopic (exact) mass is 424 g/mol. The molecule has 29 heavy (non-hydrogen) atoms. The number of benzene rings is 2. The molecule has 0 aliphatic carbocycles. The van der Waals surface area contributed by atoms with Crippen molar-refractivity contribution in [2.24, 2.45) is 0 Å². The predicted octanol–water partition coefficient (Wildman–Crippen LogP) is 3.79. The minimum atomic E-state index is -3.88. The van der Waals surface area contributed by atoms with Crippen molar-refractivity contribution >= 4 is 21.6 Å². The van der Waals surface area contributed by atoms with E-state index < -0.39 is 27.6 Å². The van der Waals surface area contributed by atoms with Crippen molar-refractivity contribution in [1.82, 2.24) is 4.31 Å². The third kappa shape index (κ3) is 4.40. The third-order valence-corrected chi connectivity index (χ3v) is 6.97. The van der Waals surface area contributed by atoms with Gasteiger partial charge in [0.05, 0.1) is 7.11 Å². The van der Waals surface area contributed by atoms with Crippen molar-refractivity contribution in [2.45, 2.75) is 37.1 Å². The molecule has 0 bridgehead atoms. The fourth-order valence-electron chi connectivity index (χ4n) is 3.35. The second-order valence-corrected chi connectivity index (χ2v) is 8.77. The van der Waals surface area contributed by atoms with Crippen molar-refractivity contribution in [1.29, 1.82) is 0 Å². The highest BCUT2D eigenvalue weighted by Crippen LogP contribution is 2.32. The minimum Gasteiger partial charge on any atom is -0.495 e. The summed E-state index contributed by atoms with van der Waals surface area (Å²) < 4.78 is 59.5. The minimum absolute atomic E-state index is 0.0544. The molecule has 156 valence electrons. The van der Waals surface area contributed by atoms with Crippen LogP contribution in [0.4, 0.5) is 14.5 Å². The number of methoxy groups -OCH3 is 1. The molecule has 0 saturated carbocycles. The summed E-state index contributed by atoms with van der Waals surface area (Å²) >= 11 is 0. The van der Waals surface area contributed by atoms with E-state index >= 15 is 0 Å². The maximum absolute atomic E-state index is 13.4. The lowest BCUT2D eigenvalue weighted by atomic mass is 10.1. The molecule has 2 aromatic carbocycles. The van der Waals surface area contributed by atoms with Crippen molar-refractivity contribution in [3.8, 4) is 5.75 Å². The summed E-state index contributed by atoms with van der Waals surface area (Å²) in [6.45, 7) is 2.25. The Bertz CT molecular complexity index is 1030. The van der Waals surface area contributed by atoms with Crippen molar-refractivity contribution in [2.75, 3.05) is 19.0 Å². The molecule has 1 saturated heterocycles. The number of carbonyl (C=O) groups excluding carboxylic acids is 1. The van der Waals surface area contributed by atoms with Crippen LogP contribution in [0, 0.1) is 11.6 Å². The lowest BCUT2D eigenvalue weighted by Gasteiger charge is -2.32. The van der Waals surface area contributed by atoms with Gasteiger partial charge in [0.1, 0.15) is 10.6 Å². The van der Waals surface area contributed by atoms with E-state index in [1.165, 1.54) is 35.7 Å². The standard InChI is InChI=1S/C20H22F2N2O4S/c1-13-5-3-4-10-24(13)29(26,27)19-11-14(6-9-18(19)28-2)20(25)23-15-7-8-16(21)17(22)12-15/h6-9,11-13H,3-5,10H2,1-2H3,(H,23,25). The Morgan fingerprint density at radius 1 is 1.14 bits per heavy atom. The van der Waals surface area contributed by atoms with Crippen LogP contribution in [0.1, 0.15) is 36.5 Å². The first-order valence-electron chi connectivity index (χ1n) is 9.20. The van der Waals surface area contributed by atoms with Gasteiger partial charge >= 0.3 is 0 Å². The van der Waals surface area contributed by atoms with E-state index in [1.54, 1.807) is 0 Å². The Balaban J connectivity index is 1.94. The maximum atomic E-state index is 13.4. The second-order valence-electron chi connectivity index (χ2n) is 6.91. The first kappa shape index (κ1) is 21.2. The smallest absolute Gasteiger partial charge is 0.255 e. The average Bonchev–Trinajstić information content (AvgIpc) is 2.70. The van der Waals surface area contributed by atoms with E-state index in [-0.39, 0.29) is 27.9 Å². The van der Waals surface area contributed by atoms with Crippen LogP contribution in [0.3, 0.4) is 0 Å². The second kappa shape index (κ2) is 8.46. The van der Waals surface area contributed by atoms with Gasteiger partial charge in [0, 0.05) is 29.9 Å². The van der Waals surface area contributed by atoms with Crippen LogP contribution < -0.4 is 10.1 Å². The molecule has 1 aliphatic heterocycles. The average molecular weight is 424 g/mol. The molecule has 1 aliphatic rings. The van der Waals surface area contributed by atoms with Gasteiger partial charge in [-0.1, -0.05) is 6.42 Å². The molecule has 2 aromatic rings. The Morgan fingerprint density at radius 3 is 2.55 bits per heavy atom. The summed E-state index contributed by atoms with van der Waals surface area (Å²) in [6, 6.07) is 6.86. The molecule has 1 unspecified atom stereocenters. The molecule has 9 heteroatoms. The van der Waals surface area contributed by atoms with E-state index in [2.05, 4.69) is 5.32 Å². The quantitative estimate of drug-likeness (QED) is 0.793. The first-order chi connectivity index (χ1) is 13.7. The number of rotatable bonds is 5. The van der Waals surface area contributed by atoms with Crippen LogP contribution in [0.15, 0.2) is 41.3 Å². The number of amides is 1. The molecular formula is C20H22F2N2O4S. The summed E-state index contributed by atoms with van der Waals surface area (Å²) in [4.78, 5) is 12.4. The number of anilines is 1. The van der Waals surface area contributed by atoms with Crippen LogP contribution in [-0.4, -0.2) is 38.3 Å². The van der Waals surface area contributed by atoms with Gasteiger partial charge in [-0.3, -0.25) is 4.79 Å². The van der Waals surface area contributed by atoms with Crippen LogP contribution in [0.25, 0.3) is 0 Å². The topological polar surface area (TPSA) is 75.7 Å². The number of nitrogens with zero attached hydrogens (tertiary/aromatic N) is 1. The molecule has 1 fully saturated rings. The highest BCUT2D eigenvalue weighted by Gasteiger charge is 2.33. The van der Waals surface area contributed by atoms with Gasteiger partial charge in [0.25, 0.3) is 5.91 Å². The fourth-order valence-corrected chi connectivity index (χ4v) is 5.23. The Labute approximate surface area is 168 Å². The number of ether oxygens (including phenoxy) is 1. The van der Waals surface area contributed by atoms with E-state index in [9.17, 15) is 22.0 Å². The molecule has 1 N–H and O–H groups in total. The van der Waals surface area contributed by atoms with Gasteiger partial charge in [-0.15, -0.1) is 0 Å². The van der Waals surface area contributed by atoms with E-state index in [0.717, 1.165) is 31.4 Å². The Morgan fingerprint density at radius 2 is 1.90 bits per heavy atom. The summed E-state index contributed by atoms with van der Waals surface area (Å²) in [5, 5.41) is 2.44. The summed E-state index contributed by atoms with van der Waals surface area (Å²) in [7, 11) is -2.52. The van der Waals surface area contributed by atoms with Crippen molar-refractivity contribution in [3.05, 3.63) is 53.6 Å². The van der Waals surface area contributed by atoms with Gasteiger partial charge in [0.15, 0.2) is 11.6 Å². The van der Waals surface area contributed by atoms with E-state index in [4.69, 9.17) is 4.74 Å². The third-order valence-electron chi connectivity index (χ3n) is 4.93. The van der Waals surface area contributed by atoms with E-state index in [0.29, 0.717) is 6.54 Å². The molecule has 1 amide bonds. The zero-order chi connectivity index (χ0) is 21.2. The lowest BCUT2D eigenvalue weighted by Crippen LogP contribution is -2.42. The number of carbonyl (C=O) groups is 1. The molecule has 6 nitrogen and oxygen atoms in total. The molecule has 0 aromatic heterocycles. The van der Waals surface area contributed by atoms with Gasteiger partial charge in [-0.05, 0) is 50.1 Å². The highest BCUT2D eigenvalue weighted by molar-refractivity contribution is 7.89. The Hall–Kier alpha value is -2.52. The van der Waals surface area contributed by atoms with Crippen molar-refractivity contribution in [3.63, 3.8) is 0 Å². The van der Waals surface area contributed by atoms with Gasteiger partial charge in [-0.25, -0.2) is 17.2 Å². The number of hydrogen-bond acceptors (Lipinski definition) is 4. The summed E-state index contributed by atoms with van der Waals surface area (Å²) in [5.41, 5.74) is 0.109. The van der Waals surface area contributed by atoms with Crippen molar-refractivity contribution < 1.29 is 26.7 Å². The SMILES string of the molecule is COc1ccc(C(=O)Nc2ccc(F)c(F)c2)cc1S(=O)(=O)N1CCCCC1C. The zero-order valence-corrected chi connectivity index (χ0v) is 16.9. The van der Waals surface area contributed by atoms with Crippen LogP contribution >= 0.6 is 0 Å². The number of nitrogens with one attached hydrogen (secondary N) is 1. The van der Waals surface area contributed by atoms with Crippen LogP contribution in [-0.2, 0) is 10.0 Å². The number of sulfonamides is 1. The molecular weight excluding hydrogens is 402 g/mol. The highest BCUT2D eigenvalue weighted by atomic mass is 32.2. The Kier molecular flexibility index (Phi) is 6.18. The molecule has 1 atom stereocenters. The van der Waals surface area contributed by atoms with Crippen LogP contribution in [0.5, 0.6) is 5.75 Å². The first-order valence-corrected chi connectivity index (χ1v) is 10.6. The van der Waals surface area contributed by atoms with Gasteiger partial charge < -0.3 is 10.1 Å². The molecule has 0 radical (unpaired) electrons. The molecule has 1 heterocycles. The van der Waals surface area contributed by atoms with Gasteiger partial charge in [-0.2, -0.15) is 4.31 Å². The zero-order valence-electron chi connectivity index (χ0n) is 16.1. The largest absolute Gasteiger partial charge is 0.495 e. The number of piperidine rings is 1. The van der Waals surface area contributed by atoms with Crippen LogP contribution in [0.2, 0.25) is 0 Å². The van der Waals surface area contributed by atoms with E-state index in [1.807, 2.05) is 6.92 Å². The normalized spacial score (nSPS) is 17.7. The summed E-state index contributed by atoms with van der Waals surface area (Å²) in [6.07, 6.45) is 2.49.